The van der Waals surface area contributed by atoms with Crippen molar-refractivity contribution >= 4 is 50.7 Å². The maximum absolute atomic E-state index is 14.2. The van der Waals surface area contributed by atoms with E-state index < -0.39 is 39.3 Å². The Bertz CT molecular complexity index is 1420. The van der Waals surface area contributed by atoms with Crippen molar-refractivity contribution in [1.29, 1.82) is 0 Å². The fraction of sp³-hybridized carbons (Fsp3) is 0.259. The lowest BCUT2D eigenvalue weighted by atomic mass is 9.91. The summed E-state index contributed by atoms with van der Waals surface area (Å²) in [5, 5.41) is 3.52. The molecule has 1 heterocycles. The summed E-state index contributed by atoms with van der Waals surface area (Å²) in [7, 11) is -3.82. The summed E-state index contributed by atoms with van der Waals surface area (Å²) in [4.78, 5) is 25.7. The molecule has 1 aliphatic rings. The maximum Gasteiger partial charge on any atom is 0.254 e. The second-order valence-corrected chi connectivity index (χ2v) is 12.1. The number of primary amides is 1. The molecule has 206 valence electrons. The molecule has 1 aliphatic heterocycles. The van der Waals surface area contributed by atoms with Crippen LogP contribution in [-0.2, 0) is 14.8 Å². The number of carbonyl (C=O) groups excluding carboxylic acids is 2. The van der Waals surface area contributed by atoms with Crippen LogP contribution in [0, 0.1) is 11.7 Å². The van der Waals surface area contributed by atoms with Gasteiger partial charge in [-0.3, -0.25) is 19.2 Å². The third kappa shape index (κ3) is 7.27. The Hall–Kier alpha value is -3.18. The Morgan fingerprint density at radius 2 is 1.54 bits per heavy atom. The molecule has 0 aromatic heterocycles. The van der Waals surface area contributed by atoms with Crippen molar-refractivity contribution in [3.05, 3.63) is 99.3 Å². The predicted molar refractivity (Wildman–Crippen MR) is 150 cm³/mol. The van der Waals surface area contributed by atoms with Gasteiger partial charge in [-0.25, -0.2) is 12.8 Å². The molecule has 4 rings (SSSR count). The maximum atomic E-state index is 14.2. The van der Waals surface area contributed by atoms with Crippen LogP contribution in [0.1, 0.15) is 34.5 Å². The first-order valence-corrected chi connectivity index (χ1v) is 14.5. The Kier molecular flexibility index (Phi) is 8.80. The number of hydrogen-bond donors (Lipinski definition) is 3. The summed E-state index contributed by atoms with van der Waals surface area (Å²) >= 11 is 12.2. The van der Waals surface area contributed by atoms with E-state index in [0.717, 1.165) is 23.3 Å². The van der Waals surface area contributed by atoms with Gasteiger partial charge in [0.25, 0.3) is 5.91 Å². The van der Waals surface area contributed by atoms with Crippen molar-refractivity contribution in [2.75, 3.05) is 23.6 Å². The van der Waals surface area contributed by atoms with Crippen molar-refractivity contribution in [2.24, 2.45) is 11.7 Å². The van der Waals surface area contributed by atoms with Gasteiger partial charge in [0.15, 0.2) is 0 Å². The average molecular weight is 594 g/mol. The SMILES string of the molecule is CC(NC(=O)c1cc(NS(=O)(=O)CC2CN(C(c3ccc(Cl)cc3)c3ccc(Cl)cc3)C2)ccc1F)C(N)=O. The number of amides is 2. The monoisotopic (exact) mass is 592 g/mol. The standard InChI is InChI=1S/C27H27Cl2FN4O4S/c1-16(26(31)35)32-27(36)23-12-22(10-11-24(23)30)33-39(37,38)15-17-13-34(14-17)25(18-2-6-20(28)7-3-18)19-4-8-21(29)9-5-19/h2-12,16-17,25,33H,13-15H2,1H3,(H2,31,35)(H,32,36). The lowest BCUT2D eigenvalue weighted by Gasteiger charge is -2.44. The van der Waals surface area contributed by atoms with Gasteiger partial charge in [0.1, 0.15) is 11.9 Å². The number of rotatable bonds is 10. The predicted octanol–water partition coefficient (Wildman–Crippen LogP) is 4.20. The smallest absolute Gasteiger partial charge is 0.254 e. The Morgan fingerprint density at radius 1 is 1.00 bits per heavy atom. The van der Waals surface area contributed by atoms with E-state index in [1.165, 1.54) is 13.0 Å². The Labute approximate surface area is 236 Å². The van der Waals surface area contributed by atoms with E-state index in [1.54, 1.807) is 0 Å². The van der Waals surface area contributed by atoms with Gasteiger partial charge in [-0.2, -0.15) is 0 Å². The molecule has 1 saturated heterocycles. The molecule has 12 heteroatoms. The van der Waals surface area contributed by atoms with E-state index >= 15 is 0 Å². The Balaban J connectivity index is 1.43. The quantitative estimate of drug-likeness (QED) is 0.326. The van der Waals surface area contributed by atoms with Gasteiger partial charge >= 0.3 is 0 Å². The molecule has 1 fully saturated rings. The number of benzene rings is 3. The van der Waals surface area contributed by atoms with Crippen molar-refractivity contribution < 1.29 is 22.4 Å². The number of anilines is 1. The summed E-state index contributed by atoms with van der Waals surface area (Å²) in [5.41, 5.74) is 6.79. The van der Waals surface area contributed by atoms with Crippen LogP contribution < -0.4 is 15.8 Å². The normalized spacial score (nSPS) is 15.0. The summed E-state index contributed by atoms with van der Waals surface area (Å²) in [6.07, 6.45) is 0. The highest BCUT2D eigenvalue weighted by Crippen LogP contribution is 2.36. The van der Waals surface area contributed by atoms with Crippen LogP contribution in [-0.4, -0.2) is 50.0 Å². The molecule has 0 radical (unpaired) electrons. The number of halogens is 3. The summed E-state index contributed by atoms with van der Waals surface area (Å²) in [6.45, 7) is 2.41. The number of likely N-dealkylation sites (tertiary alicyclic amines) is 1. The molecule has 3 aromatic carbocycles. The molecule has 0 bridgehead atoms. The van der Waals surface area contributed by atoms with E-state index in [9.17, 15) is 22.4 Å². The van der Waals surface area contributed by atoms with Gasteiger partial charge in [0.05, 0.1) is 17.4 Å². The van der Waals surface area contributed by atoms with Gasteiger partial charge in [0, 0.05) is 34.7 Å². The van der Waals surface area contributed by atoms with Gasteiger partial charge in [-0.15, -0.1) is 0 Å². The van der Waals surface area contributed by atoms with Crippen molar-refractivity contribution in [1.82, 2.24) is 10.2 Å². The highest BCUT2D eigenvalue weighted by molar-refractivity contribution is 7.92. The van der Waals surface area contributed by atoms with Crippen LogP contribution >= 0.6 is 23.2 Å². The average Bonchev–Trinajstić information content (AvgIpc) is 2.85. The summed E-state index contributed by atoms with van der Waals surface area (Å²) < 4.78 is 42.5. The summed E-state index contributed by atoms with van der Waals surface area (Å²) in [6, 6.07) is 17.2. The zero-order valence-electron chi connectivity index (χ0n) is 20.9. The molecule has 4 N–H and O–H groups in total. The van der Waals surface area contributed by atoms with Gasteiger partial charge in [0.2, 0.25) is 15.9 Å². The molecular formula is C27H27Cl2FN4O4S. The van der Waals surface area contributed by atoms with Gasteiger partial charge in [-0.05, 0) is 60.5 Å². The van der Waals surface area contributed by atoms with Crippen LogP contribution in [0.2, 0.25) is 10.0 Å². The number of nitrogens with zero attached hydrogens (tertiary/aromatic N) is 1. The molecule has 39 heavy (non-hydrogen) atoms. The largest absolute Gasteiger partial charge is 0.368 e. The Morgan fingerprint density at radius 3 is 2.05 bits per heavy atom. The zero-order valence-corrected chi connectivity index (χ0v) is 23.2. The highest BCUT2D eigenvalue weighted by atomic mass is 35.5. The first kappa shape index (κ1) is 28.8. The first-order valence-electron chi connectivity index (χ1n) is 12.1. The molecular weight excluding hydrogens is 566 g/mol. The van der Waals surface area contributed by atoms with Crippen LogP contribution in [0.25, 0.3) is 0 Å². The zero-order chi connectivity index (χ0) is 28.3. The third-order valence-electron chi connectivity index (χ3n) is 6.44. The van der Waals surface area contributed by atoms with Crippen LogP contribution in [0.15, 0.2) is 66.7 Å². The van der Waals surface area contributed by atoms with E-state index in [0.29, 0.717) is 23.1 Å². The van der Waals surface area contributed by atoms with Crippen molar-refractivity contribution in [3.8, 4) is 0 Å². The fourth-order valence-electron chi connectivity index (χ4n) is 4.47. The lowest BCUT2D eigenvalue weighted by Crippen LogP contribution is -2.51. The fourth-order valence-corrected chi connectivity index (χ4v) is 6.12. The molecule has 2 amide bonds. The number of nitrogens with one attached hydrogen (secondary N) is 2. The van der Waals surface area contributed by atoms with E-state index in [1.807, 2.05) is 48.5 Å². The van der Waals surface area contributed by atoms with Crippen LogP contribution in [0.5, 0.6) is 0 Å². The van der Waals surface area contributed by atoms with Gasteiger partial charge < -0.3 is 11.1 Å². The van der Waals surface area contributed by atoms with E-state index in [4.69, 9.17) is 28.9 Å². The minimum Gasteiger partial charge on any atom is -0.368 e. The van der Waals surface area contributed by atoms with Crippen molar-refractivity contribution in [3.63, 3.8) is 0 Å². The third-order valence-corrected chi connectivity index (χ3v) is 8.40. The van der Waals surface area contributed by atoms with Crippen LogP contribution in [0.3, 0.4) is 0 Å². The molecule has 0 spiro atoms. The molecule has 3 aromatic rings. The number of sulfonamides is 1. The van der Waals surface area contributed by atoms with Crippen LogP contribution in [0.4, 0.5) is 10.1 Å². The number of hydrogen-bond acceptors (Lipinski definition) is 5. The topological polar surface area (TPSA) is 122 Å². The van der Waals surface area contributed by atoms with Crippen molar-refractivity contribution in [2.45, 2.75) is 19.0 Å². The molecule has 1 atom stereocenters. The van der Waals surface area contributed by atoms with E-state index in [-0.39, 0.29) is 23.4 Å². The minimum atomic E-state index is -3.82. The molecule has 0 saturated carbocycles. The second kappa shape index (κ2) is 11.9. The van der Waals surface area contributed by atoms with Gasteiger partial charge in [-0.1, -0.05) is 47.5 Å². The molecule has 1 unspecified atom stereocenters. The van der Waals surface area contributed by atoms with E-state index in [2.05, 4.69) is 14.9 Å². The highest BCUT2D eigenvalue weighted by Gasteiger charge is 2.36. The second-order valence-electron chi connectivity index (χ2n) is 9.50. The number of nitrogens with two attached hydrogens (primary N) is 1. The molecule has 0 aliphatic carbocycles. The summed E-state index contributed by atoms with van der Waals surface area (Å²) in [5.74, 6) is -2.84. The lowest BCUT2D eigenvalue weighted by molar-refractivity contribution is -0.119. The minimum absolute atomic E-state index is 0.0321. The number of carbonyl (C=O) groups is 2. The molecule has 8 nitrogen and oxygen atoms in total. The first-order chi connectivity index (χ1) is 18.4.